The van der Waals surface area contributed by atoms with E-state index in [4.69, 9.17) is 4.74 Å². The first kappa shape index (κ1) is 18.4. The molecule has 3 aromatic rings. The lowest BCUT2D eigenvalue weighted by atomic mass is 10.2. The molecule has 2 aromatic carbocycles. The molecule has 0 bridgehead atoms. The minimum Gasteiger partial charge on any atom is -0.462 e. The number of nitrogens with zero attached hydrogens (tertiary/aromatic N) is 3. The summed E-state index contributed by atoms with van der Waals surface area (Å²) in [6.07, 6.45) is 1.42. The molecule has 0 unspecified atom stereocenters. The summed E-state index contributed by atoms with van der Waals surface area (Å²) in [6, 6.07) is 18.6. The number of benzene rings is 2. The molecule has 6 nitrogen and oxygen atoms in total. The number of rotatable bonds is 6. The second-order valence-corrected chi connectivity index (χ2v) is 6.58. The third-order valence-electron chi connectivity index (χ3n) is 3.86. The van der Waals surface area contributed by atoms with Crippen LogP contribution >= 0.6 is 11.3 Å². The van der Waals surface area contributed by atoms with Gasteiger partial charge >= 0.3 is 10.8 Å². The number of carbonyl (C=O) groups is 1. The molecule has 0 atom stereocenters. The van der Waals surface area contributed by atoms with Crippen molar-refractivity contribution in [3.63, 3.8) is 0 Å². The number of anilines is 1. The molecule has 0 N–H and O–H groups in total. The average molecular weight is 379 g/mol. The van der Waals surface area contributed by atoms with Crippen LogP contribution in [-0.4, -0.2) is 17.1 Å². The van der Waals surface area contributed by atoms with E-state index >= 15 is 0 Å². The Bertz CT molecular complexity index is 1080. The Labute approximate surface area is 160 Å². The maximum Gasteiger partial charge on any atom is 0.350 e. The fraction of sp³-hybridized carbons (Fsp3) is 0.150. The smallest absolute Gasteiger partial charge is 0.350 e. The van der Waals surface area contributed by atoms with Crippen molar-refractivity contribution in [3.05, 3.63) is 76.0 Å². The van der Waals surface area contributed by atoms with Gasteiger partial charge in [0, 0.05) is 11.9 Å². The molecule has 7 heteroatoms. The molecule has 0 saturated carbocycles. The highest BCUT2D eigenvalue weighted by Gasteiger charge is 2.16. The fourth-order valence-electron chi connectivity index (χ4n) is 2.61. The minimum atomic E-state index is -0.691. The van der Waals surface area contributed by atoms with Gasteiger partial charge in [-0.25, -0.2) is 4.79 Å². The number of hydrogen-bond acceptors (Lipinski definition) is 6. The SMILES string of the molecule is CCOC(=O)/C(C#N)=C/N(Cn1c(=O)sc2ccccc21)c1ccccc1. The highest BCUT2D eigenvalue weighted by Crippen LogP contribution is 2.21. The molecule has 0 aliphatic rings. The van der Waals surface area contributed by atoms with E-state index in [2.05, 4.69) is 0 Å². The van der Waals surface area contributed by atoms with Crippen molar-refractivity contribution in [3.8, 4) is 6.07 Å². The summed E-state index contributed by atoms with van der Waals surface area (Å²) in [5, 5.41) is 9.36. The highest BCUT2D eigenvalue weighted by atomic mass is 32.1. The second-order valence-electron chi connectivity index (χ2n) is 5.59. The van der Waals surface area contributed by atoms with Crippen molar-refractivity contribution in [1.29, 1.82) is 5.26 Å². The number of ether oxygens (including phenoxy) is 1. The number of carbonyl (C=O) groups excluding carboxylic acids is 1. The van der Waals surface area contributed by atoms with Crippen LogP contribution in [-0.2, 0) is 16.2 Å². The van der Waals surface area contributed by atoms with Crippen molar-refractivity contribution >= 4 is 33.2 Å². The normalized spacial score (nSPS) is 11.2. The van der Waals surface area contributed by atoms with Crippen LogP contribution in [0.4, 0.5) is 5.69 Å². The number of hydrogen-bond donors (Lipinski definition) is 0. The molecule has 136 valence electrons. The van der Waals surface area contributed by atoms with Gasteiger partial charge < -0.3 is 9.64 Å². The highest BCUT2D eigenvalue weighted by molar-refractivity contribution is 7.16. The molecular weight excluding hydrogens is 362 g/mol. The molecule has 0 amide bonds. The van der Waals surface area contributed by atoms with Gasteiger partial charge in [-0.1, -0.05) is 41.7 Å². The number of nitriles is 1. The topological polar surface area (TPSA) is 75.3 Å². The van der Waals surface area contributed by atoms with Gasteiger partial charge in [-0.3, -0.25) is 9.36 Å². The lowest BCUT2D eigenvalue weighted by Crippen LogP contribution is -2.27. The van der Waals surface area contributed by atoms with Crippen molar-refractivity contribution in [1.82, 2.24) is 4.57 Å². The number of fused-ring (bicyclic) bond motifs is 1. The largest absolute Gasteiger partial charge is 0.462 e. The summed E-state index contributed by atoms with van der Waals surface area (Å²) >= 11 is 1.16. The van der Waals surface area contributed by atoms with Gasteiger partial charge in [-0.15, -0.1) is 0 Å². The van der Waals surface area contributed by atoms with Gasteiger partial charge in [0.25, 0.3) is 0 Å². The second kappa shape index (κ2) is 8.34. The number of thiazole rings is 1. The van der Waals surface area contributed by atoms with Gasteiger partial charge in [-0.05, 0) is 31.2 Å². The molecule has 0 aliphatic carbocycles. The Morgan fingerprint density at radius 1 is 1.22 bits per heavy atom. The quantitative estimate of drug-likeness (QED) is 0.372. The molecule has 0 fully saturated rings. The number of esters is 1. The lowest BCUT2D eigenvalue weighted by Gasteiger charge is -2.21. The van der Waals surface area contributed by atoms with Crippen molar-refractivity contribution in [2.24, 2.45) is 0 Å². The maximum atomic E-state index is 12.5. The molecule has 0 saturated heterocycles. The van der Waals surface area contributed by atoms with Gasteiger partial charge in [0.1, 0.15) is 12.7 Å². The van der Waals surface area contributed by atoms with Crippen LogP contribution < -0.4 is 9.77 Å². The van der Waals surface area contributed by atoms with Crippen LogP contribution in [0, 0.1) is 11.3 Å². The third kappa shape index (κ3) is 4.07. The number of para-hydroxylation sites is 2. The molecule has 0 aliphatic heterocycles. The predicted molar refractivity (Wildman–Crippen MR) is 105 cm³/mol. The lowest BCUT2D eigenvalue weighted by molar-refractivity contribution is -0.138. The summed E-state index contributed by atoms with van der Waals surface area (Å²) in [5.41, 5.74) is 1.42. The van der Waals surface area contributed by atoms with Gasteiger partial charge in [0.15, 0.2) is 5.57 Å². The van der Waals surface area contributed by atoms with Gasteiger partial charge in [0.05, 0.1) is 16.8 Å². The molecule has 3 rings (SSSR count). The van der Waals surface area contributed by atoms with Crippen LogP contribution in [0.3, 0.4) is 0 Å². The zero-order valence-electron chi connectivity index (χ0n) is 14.7. The van der Waals surface area contributed by atoms with E-state index in [1.807, 2.05) is 60.7 Å². The van der Waals surface area contributed by atoms with Crippen molar-refractivity contribution < 1.29 is 9.53 Å². The molecular formula is C20H17N3O3S. The Morgan fingerprint density at radius 3 is 2.63 bits per heavy atom. The average Bonchev–Trinajstić information content (AvgIpc) is 3.01. The first-order valence-corrected chi connectivity index (χ1v) is 9.14. The Balaban J connectivity index is 2.06. The fourth-order valence-corrected chi connectivity index (χ4v) is 3.49. The van der Waals surface area contributed by atoms with Crippen LogP contribution in [0.1, 0.15) is 6.92 Å². The van der Waals surface area contributed by atoms with E-state index in [9.17, 15) is 14.9 Å². The Morgan fingerprint density at radius 2 is 1.93 bits per heavy atom. The summed E-state index contributed by atoms with van der Waals surface area (Å²) in [7, 11) is 0. The summed E-state index contributed by atoms with van der Waals surface area (Å²) in [4.78, 5) is 26.1. The molecule has 1 aromatic heterocycles. The van der Waals surface area contributed by atoms with Crippen molar-refractivity contribution in [2.45, 2.75) is 13.6 Å². The monoisotopic (exact) mass is 379 g/mol. The Hall–Kier alpha value is -3.37. The van der Waals surface area contributed by atoms with Crippen LogP contribution in [0.2, 0.25) is 0 Å². The summed E-state index contributed by atoms with van der Waals surface area (Å²) < 4.78 is 7.43. The van der Waals surface area contributed by atoms with Crippen LogP contribution in [0.15, 0.2) is 71.2 Å². The zero-order chi connectivity index (χ0) is 19.2. The summed E-state index contributed by atoms with van der Waals surface area (Å²) in [5.74, 6) is -0.691. The third-order valence-corrected chi connectivity index (χ3v) is 4.82. The first-order valence-electron chi connectivity index (χ1n) is 8.33. The Kier molecular flexibility index (Phi) is 5.69. The van der Waals surface area contributed by atoms with Crippen LogP contribution in [0.5, 0.6) is 0 Å². The standard InChI is InChI=1S/C20H17N3O3S/c1-2-26-19(24)15(12-21)13-22(16-8-4-3-5-9-16)14-23-17-10-6-7-11-18(17)27-20(23)25/h3-11,13H,2,14H2,1H3/b15-13+. The summed E-state index contributed by atoms with van der Waals surface area (Å²) in [6.45, 7) is 2.02. The van der Waals surface area contributed by atoms with E-state index in [1.54, 1.807) is 16.4 Å². The molecule has 0 spiro atoms. The van der Waals surface area contributed by atoms with E-state index in [-0.39, 0.29) is 23.7 Å². The molecule has 1 heterocycles. The van der Waals surface area contributed by atoms with Gasteiger partial charge in [-0.2, -0.15) is 5.26 Å². The van der Waals surface area contributed by atoms with Crippen LogP contribution in [0.25, 0.3) is 10.2 Å². The maximum absolute atomic E-state index is 12.5. The van der Waals surface area contributed by atoms with E-state index in [0.29, 0.717) is 0 Å². The van der Waals surface area contributed by atoms with E-state index in [0.717, 1.165) is 27.2 Å². The molecule has 27 heavy (non-hydrogen) atoms. The number of aromatic nitrogens is 1. The van der Waals surface area contributed by atoms with E-state index < -0.39 is 5.97 Å². The van der Waals surface area contributed by atoms with Crippen molar-refractivity contribution in [2.75, 3.05) is 11.5 Å². The zero-order valence-corrected chi connectivity index (χ0v) is 15.5. The first-order chi connectivity index (χ1) is 13.1. The van der Waals surface area contributed by atoms with E-state index in [1.165, 1.54) is 6.20 Å². The minimum absolute atomic E-state index is 0.111. The molecule has 0 radical (unpaired) electrons. The van der Waals surface area contributed by atoms with Gasteiger partial charge in [0.2, 0.25) is 0 Å². The predicted octanol–water partition coefficient (Wildman–Crippen LogP) is 3.50.